The van der Waals surface area contributed by atoms with Gasteiger partial charge in [0.25, 0.3) is 5.91 Å². The molecule has 3 N–H and O–H groups in total. The van der Waals surface area contributed by atoms with E-state index in [0.29, 0.717) is 17.1 Å². The first-order valence-corrected chi connectivity index (χ1v) is 7.71. The third-order valence-corrected chi connectivity index (χ3v) is 3.81. The fourth-order valence-corrected chi connectivity index (χ4v) is 2.45. The van der Waals surface area contributed by atoms with Crippen molar-refractivity contribution in [2.45, 2.75) is 13.0 Å². The molecule has 0 aliphatic rings. The van der Waals surface area contributed by atoms with Crippen LogP contribution < -0.4 is 15.8 Å². The number of hydrogen-bond acceptors (Lipinski definition) is 6. The van der Waals surface area contributed by atoms with Crippen LogP contribution in [0.5, 0.6) is 5.88 Å². The summed E-state index contributed by atoms with van der Waals surface area (Å²) in [5.41, 5.74) is 7.94. The number of hydrogen-bond donors (Lipinski definition) is 2. The Kier molecular flexibility index (Phi) is 4.65. The fraction of sp³-hybridized carbons (Fsp3) is 0.167. The first-order valence-electron chi connectivity index (χ1n) is 7.71. The molecule has 25 heavy (non-hydrogen) atoms. The lowest BCUT2D eigenvalue weighted by Gasteiger charge is -2.14. The van der Waals surface area contributed by atoms with Gasteiger partial charge in [-0.25, -0.2) is 4.98 Å². The minimum atomic E-state index is -0.360. The van der Waals surface area contributed by atoms with E-state index in [1.807, 2.05) is 37.3 Å². The lowest BCUT2D eigenvalue weighted by Crippen LogP contribution is -2.27. The van der Waals surface area contributed by atoms with E-state index in [1.165, 1.54) is 7.11 Å². The van der Waals surface area contributed by atoms with Crippen LogP contribution in [0.15, 0.2) is 53.2 Å². The van der Waals surface area contributed by atoms with Gasteiger partial charge in [-0.3, -0.25) is 4.79 Å². The lowest BCUT2D eigenvalue weighted by atomic mass is 10.1. The van der Waals surface area contributed by atoms with Crippen molar-refractivity contribution in [2.24, 2.45) is 0 Å². The Bertz CT molecular complexity index is 860. The van der Waals surface area contributed by atoms with E-state index >= 15 is 0 Å². The molecule has 0 saturated carbocycles. The van der Waals surface area contributed by atoms with Crippen molar-refractivity contribution in [1.29, 1.82) is 0 Å². The molecule has 1 unspecified atom stereocenters. The summed E-state index contributed by atoms with van der Waals surface area (Å²) in [6.45, 7) is 1.89. The molecule has 7 nitrogen and oxygen atoms in total. The Morgan fingerprint density at radius 1 is 1.24 bits per heavy atom. The molecule has 0 aliphatic carbocycles. The van der Waals surface area contributed by atoms with Crippen LogP contribution in [0.4, 0.5) is 5.88 Å². The summed E-state index contributed by atoms with van der Waals surface area (Å²) >= 11 is 0. The molecule has 0 fully saturated rings. The maximum atomic E-state index is 12.7. The van der Waals surface area contributed by atoms with Crippen molar-refractivity contribution in [3.63, 3.8) is 0 Å². The van der Waals surface area contributed by atoms with Crippen LogP contribution >= 0.6 is 0 Å². The van der Waals surface area contributed by atoms with E-state index in [1.54, 1.807) is 18.3 Å². The summed E-state index contributed by atoms with van der Waals surface area (Å²) in [6.07, 6.45) is 1.55. The number of methoxy groups -OCH3 is 1. The van der Waals surface area contributed by atoms with Crippen LogP contribution in [0, 0.1) is 0 Å². The molecule has 2 heterocycles. The lowest BCUT2D eigenvalue weighted by molar-refractivity contribution is 0.0941. The van der Waals surface area contributed by atoms with Gasteiger partial charge in [-0.1, -0.05) is 35.5 Å². The molecule has 0 aliphatic heterocycles. The molecule has 0 bridgehead atoms. The van der Waals surface area contributed by atoms with Gasteiger partial charge in [0.15, 0.2) is 0 Å². The third-order valence-electron chi connectivity index (χ3n) is 3.81. The van der Waals surface area contributed by atoms with Crippen LogP contribution in [0.2, 0.25) is 0 Å². The zero-order chi connectivity index (χ0) is 17.8. The van der Waals surface area contributed by atoms with E-state index in [-0.39, 0.29) is 23.4 Å². The number of nitrogens with one attached hydrogen (secondary N) is 1. The molecule has 2 aromatic heterocycles. The Labute approximate surface area is 144 Å². The molecule has 7 heteroatoms. The minimum Gasteiger partial charge on any atom is -0.481 e. The average molecular weight is 338 g/mol. The Balaban J connectivity index is 1.86. The molecular formula is C18H18N4O3. The van der Waals surface area contributed by atoms with E-state index in [2.05, 4.69) is 15.5 Å². The molecule has 1 atom stereocenters. The number of nitrogens with zero attached hydrogens (tertiary/aromatic N) is 2. The van der Waals surface area contributed by atoms with Gasteiger partial charge < -0.3 is 20.3 Å². The van der Waals surface area contributed by atoms with Gasteiger partial charge >= 0.3 is 0 Å². The zero-order valence-electron chi connectivity index (χ0n) is 13.9. The fourth-order valence-electron chi connectivity index (χ4n) is 2.45. The van der Waals surface area contributed by atoms with Crippen molar-refractivity contribution < 1.29 is 14.1 Å². The first-order chi connectivity index (χ1) is 12.1. The number of benzene rings is 1. The normalized spacial score (nSPS) is 11.8. The van der Waals surface area contributed by atoms with Crippen LogP contribution in [-0.4, -0.2) is 23.2 Å². The highest BCUT2D eigenvalue weighted by atomic mass is 16.5. The topological polar surface area (TPSA) is 103 Å². The number of carbonyl (C=O) groups excluding carboxylic acids is 1. The molecule has 1 aromatic carbocycles. The smallest absolute Gasteiger partial charge is 0.259 e. The van der Waals surface area contributed by atoms with Crippen LogP contribution in [-0.2, 0) is 0 Å². The summed E-state index contributed by atoms with van der Waals surface area (Å²) in [6, 6.07) is 12.9. The number of aromatic nitrogens is 2. The van der Waals surface area contributed by atoms with Gasteiger partial charge in [0.05, 0.1) is 13.2 Å². The van der Waals surface area contributed by atoms with Crippen molar-refractivity contribution in [2.75, 3.05) is 12.8 Å². The molecule has 3 aromatic rings. The van der Waals surface area contributed by atoms with Gasteiger partial charge in [-0.15, -0.1) is 0 Å². The number of carbonyl (C=O) groups is 1. The summed E-state index contributed by atoms with van der Waals surface area (Å²) in [7, 11) is 1.53. The summed E-state index contributed by atoms with van der Waals surface area (Å²) in [5, 5.41) is 6.81. The Morgan fingerprint density at radius 2 is 2.00 bits per heavy atom. The van der Waals surface area contributed by atoms with Crippen molar-refractivity contribution in [3.8, 4) is 17.1 Å². The van der Waals surface area contributed by atoms with Gasteiger partial charge in [0.2, 0.25) is 11.8 Å². The number of anilines is 1. The third kappa shape index (κ3) is 3.45. The quantitative estimate of drug-likeness (QED) is 0.741. The predicted octanol–water partition coefficient (Wildman–Crippen LogP) is 2.82. The predicted molar refractivity (Wildman–Crippen MR) is 93.0 cm³/mol. The number of ether oxygens (including phenoxy) is 1. The second-order valence-corrected chi connectivity index (χ2v) is 5.47. The Morgan fingerprint density at radius 3 is 2.64 bits per heavy atom. The highest BCUT2D eigenvalue weighted by molar-refractivity contribution is 6.03. The molecule has 1 amide bonds. The van der Waals surface area contributed by atoms with Crippen LogP contribution in [0.1, 0.15) is 28.9 Å². The van der Waals surface area contributed by atoms with E-state index in [0.717, 1.165) is 5.56 Å². The molecule has 128 valence electrons. The van der Waals surface area contributed by atoms with Crippen molar-refractivity contribution in [1.82, 2.24) is 15.5 Å². The number of rotatable bonds is 5. The number of nitrogen functional groups attached to an aromatic ring is 1. The van der Waals surface area contributed by atoms with E-state index < -0.39 is 0 Å². The number of amides is 1. The molecular weight excluding hydrogens is 320 g/mol. The highest BCUT2D eigenvalue weighted by Crippen LogP contribution is 2.28. The second-order valence-electron chi connectivity index (χ2n) is 5.47. The Hall–Kier alpha value is -3.35. The van der Waals surface area contributed by atoms with E-state index in [9.17, 15) is 4.79 Å². The van der Waals surface area contributed by atoms with Crippen LogP contribution in [0.3, 0.4) is 0 Å². The average Bonchev–Trinajstić information content (AvgIpc) is 3.04. The second kappa shape index (κ2) is 7.04. The molecule has 0 spiro atoms. The molecule has 3 rings (SSSR count). The molecule has 0 radical (unpaired) electrons. The maximum Gasteiger partial charge on any atom is 0.259 e. The van der Waals surface area contributed by atoms with Crippen molar-refractivity contribution in [3.05, 3.63) is 59.8 Å². The van der Waals surface area contributed by atoms with Gasteiger partial charge in [-0.2, -0.15) is 0 Å². The minimum absolute atomic E-state index is 0.0384. The number of nitrogens with two attached hydrogens (primary N) is 1. The maximum absolute atomic E-state index is 12.7. The zero-order valence-corrected chi connectivity index (χ0v) is 13.9. The largest absolute Gasteiger partial charge is 0.481 e. The van der Waals surface area contributed by atoms with Gasteiger partial charge in [0.1, 0.15) is 11.3 Å². The SMILES string of the molecule is COc1ccc(-c2noc(N)c2C(=O)NC(C)c2ccccc2)cn1. The standard InChI is InChI=1S/C18H18N4O3/c1-11(12-6-4-3-5-7-12)21-18(23)15-16(22-25-17(15)19)13-8-9-14(24-2)20-10-13/h3-11H,19H2,1-2H3,(H,21,23). The van der Waals surface area contributed by atoms with Crippen LogP contribution in [0.25, 0.3) is 11.3 Å². The summed E-state index contributed by atoms with van der Waals surface area (Å²) < 4.78 is 10.1. The van der Waals surface area contributed by atoms with E-state index in [4.69, 9.17) is 15.0 Å². The number of pyridine rings is 1. The van der Waals surface area contributed by atoms with Crippen molar-refractivity contribution >= 4 is 11.8 Å². The monoisotopic (exact) mass is 338 g/mol. The highest BCUT2D eigenvalue weighted by Gasteiger charge is 2.24. The molecule has 0 saturated heterocycles. The van der Waals surface area contributed by atoms with Gasteiger partial charge in [-0.05, 0) is 18.6 Å². The van der Waals surface area contributed by atoms with Gasteiger partial charge in [0, 0.05) is 17.8 Å². The first kappa shape index (κ1) is 16.5. The summed E-state index contributed by atoms with van der Waals surface area (Å²) in [4.78, 5) is 16.8. The summed E-state index contributed by atoms with van der Waals surface area (Å²) in [5.74, 6) is 0.0634.